The monoisotopic (exact) mass is 387 g/mol. The summed E-state index contributed by atoms with van der Waals surface area (Å²) in [7, 11) is 5.28. The highest BCUT2D eigenvalue weighted by Gasteiger charge is 2.20. The first-order valence-electron chi connectivity index (χ1n) is 8.10. The first-order chi connectivity index (χ1) is 12.9. The van der Waals surface area contributed by atoms with Crippen LogP contribution in [0.2, 0.25) is 0 Å². The third-order valence-electron chi connectivity index (χ3n) is 3.72. The summed E-state index contributed by atoms with van der Waals surface area (Å²) in [6.45, 7) is 1.94. The highest BCUT2D eigenvalue weighted by atomic mass is 32.2. The number of anilines is 2. The van der Waals surface area contributed by atoms with Crippen molar-refractivity contribution in [2.24, 2.45) is 0 Å². The molecule has 4 N–H and O–H groups in total. The number of nitrogens with two attached hydrogens (primary N) is 2. The number of benzene rings is 1. The predicted octanol–water partition coefficient (Wildman–Crippen LogP) is 1.35. The maximum Gasteiger partial charge on any atom is 0.229 e. The molecule has 0 radical (unpaired) electrons. The fourth-order valence-corrected chi connectivity index (χ4v) is 3.18. The van der Waals surface area contributed by atoms with Gasteiger partial charge < -0.3 is 21.2 Å². The van der Waals surface area contributed by atoms with Crippen molar-refractivity contribution in [3.8, 4) is 17.1 Å². The molecule has 27 heavy (non-hydrogen) atoms. The van der Waals surface area contributed by atoms with E-state index in [1.165, 1.54) is 16.4 Å². The topological polar surface area (TPSA) is 134 Å². The molecule has 0 amide bonds. The molecular weight excluding hydrogens is 366 g/mol. The van der Waals surface area contributed by atoms with E-state index in [1.54, 1.807) is 12.0 Å². The van der Waals surface area contributed by atoms with E-state index in [1.807, 2.05) is 45.3 Å². The molecule has 0 saturated carbocycles. The van der Waals surface area contributed by atoms with Crippen LogP contribution in [0.1, 0.15) is 18.0 Å². The summed E-state index contributed by atoms with van der Waals surface area (Å²) in [6.07, 6.45) is 0. The van der Waals surface area contributed by atoms with Crippen LogP contribution in [0.15, 0.2) is 29.4 Å². The molecule has 0 spiro atoms. The van der Waals surface area contributed by atoms with Crippen molar-refractivity contribution in [2.75, 3.05) is 37.7 Å². The van der Waals surface area contributed by atoms with Gasteiger partial charge in [0.2, 0.25) is 17.1 Å². The number of hydrogen-bond donors (Lipinski definition) is 2. The van der Waals surface area contributed by atoms with Crippen molar-refractivity contribution in [2.45, 2.75) is 17.3 Å². The Kier molecular flexibility index (Phi) is 5.31. The van der Waals surface area contributed by atoms with E-state index >= 15 is 0 Å². The van der Waals surface area contributed by atoms with E-state index in [0.717, 1.165) is 5.56 Å². The molecule has 10 nitrogen and oxygen atoms in total. The third-order valence-corrected chi connectivity index (χ3v) is 4.77. The number of thioether (sulfide) groups is 1. The van der Waals surface area contributed by atoms with Crippen molar-refractivity contribution in [1.82, 2.24) is 29.8 Å². The lowest BCUT2D eigenvalue weighted by Crippen LogP contribution is -2.17. The molecule has 1 aromatic carbocycles. The standard InChI is InChI=1S/C16H21N9OS/c1-9(12-19-14(17)21-15(20-12)24(2)3)27-16-23-22-13(25(16)18)10-7-5-6-8-11(10)26-4/h5-9H,18H2,1-4H3,(H2,17,19,20,21). The largest absolute Gasteiger partial charge is 0.496 e. The first-order valence-corrected chi connectivity index (χ1v) is 8.98. The van der Waals surface area contributed by atoms with Gasteiger partial charge in [0.15, 0.2) is 5.82 Å². The van der Waals surface area contributed by atoms with E-state index < -0.39 is 0 Å². The lowest BCUT2D eigenvalue weighted by atomic mass is 10.2. The maximum atomic E-state index is 6.22. The fourth-order valence-electron chi connectivity index (χ4n) is 2.36. The second-order valence-corrected chi connectivity index (χ2v) is 7.19. The van der Waals surface area contributed by atoms with Gasteiger partial charge in [-0.15, -0.1) is 10.2 Å². The quantitative estimate of drug-likeness (QED) is 0.471. The Morgan fingerprint density at radius 2 is 1.89 bits per heavy atom. The normalized spacial score (nSPS) is 12.0. The third kappa shape index (κ3) is 3.87. The van der Waals surface area contributed by atoms with Crippen LogP contribution in [-0.2, 0) is 0 Å². The summed E-state index contributed by atoms with van der Waals surface area (Å²) in [6, 6.07) is 7.49. The summed E-state index contributed by atoms with van der Waals surface area (Å²) in [5.74, 6) is 8.60. The highest BCUT2D eigenvalue weighted by Crippen LogP contribution is 2.35. The number of nitrogens with zero attached hydrogens (tertiary/aromatic N) is 7. The van der Waals surface area contributed by atoms with Gasteiger partial charge >= 0.3 is 0 Å². The first kappa shape index (κ1) is 18.7. The summed E-state index contributed by atoms with van der Waals surface area (Å²) in [4.78, 5) is 14.5. The minimum absolute atomic E-state index is 0.161. The zero-order valence-electron chi connectivity index (χ0n) is 15.5. The van der Waals surface area contributed by atoms with Crippen LogP contribution in [0.25, 0.3) is 11.4 Å². The van der Waals surface area contributed by atoms with Crippen LogP contribution in [-0.4, -0.2) is 51.0 Å². The summed E-state index contributed by atoms with van der Waals surface area (Å²) in [5, 5.41) is 8.76. The minimum Gasteiger partial charge on any atom is -0.496 e. The molecule has 0 aliphatic carbocycles. The molecule has 2 heterocycles. The van der Waals surface area contributed by atoms with E-state index in [4.69, 9.17) is 16.3 Å². The zero-order valence-corrected chi connectivity index (χ0v) is 16.3. The molecule has 142 valence electrons. The number of ether oxygens (including phenoxy) is 1. The summed E-state index contributed by atoms with van der Waals surface area (Å²) >= 11 is 1.38. The molecule has 3 aromatic rings. The molecule has 2 aromatic heterocycles. The second-order valence-electron chi connectivity index (χ2n) is 5.88. The Morgan fingerprint density at radius 3 is 2.59 bits per heavy atom. The van der Waals surface area contributed by atoms with E-state index in [-0.39, 0.29) is 11.2 Å². The zero-order chi connectivity index (χ0) is 19.6. The van der Waals surface area contributed by atoms with Crippen molar-refractivity contribution >= 4 is 23.7 Å². The average Bonchev–Trinajstić information content (AvgIpc) is 3.01. The van der Waals surface area contributed by atoms with Gasteiger partial charge in [0.05, 0.1) is 17.9 Å². The van der Waals surface area contributed by atoms with Crippen molar-refractivity contribution < 1.29 is 4.74 Å². The summed E-state index contributed by atoms with van der Waals surface area (Å²) < 4.78 is 6.80. The Morgan fingerprint density at radius 1 is 1.15 bits per heavy atom. The lowest BCUT2D eigenvalue weighted by Gasteiger charge is -2.14. The van der Waals surface area contributed by atoms with Crippen molar-refractivity contribution in [3.63, 3.8) is 0 Å². The minimum atomic E-state index is -0.161. The Bertz CT molecular complexity index is 943. The predicted molar refractivity (Wildman–Crippen MR) is 105 cm³/mol. The smallest absolute Gasteiger partial charge is 0.229 e. The summed E-state index contributed by atoms with van der Waals surface area (Å²) in [5.41, 5.74) is 6.56. The Labute approximate surface area is 161 Å². The van der Waals surface area contributed by atoms with Crippen LogP contribution in [0.3, 0.4) is 0 Å². The maximum absolute atomic E-state index is 6.22. The van der Waals surface area contributed by atoms with Gasteiger partial charge in [-0.05, 0) is 19.1 Å². The van der Waals surface area contributed by atoms with Crippen molar-refractivity contribution in [3.05, 3.63) is 30.1 Å². The molecule has 0 fully saturated rings. The number of nitrogen functional groups attached to an aromatic ring is 2. The fraction of sp³-hybridized carbons (Fsp3) is 0.312. The van der Waals surface area contributed by atoms with Gasteiger partial charge in [-0.1, -0.05) is 23.9 Å². The number of rotatable bonds is 6. The molecular formula is C16H21N9OS. The molecule has 0 bridgehead atoms. The molecule has 1 unspecified atom stereocenters. The molecule has 1 atom stereocenters. The van der Waals surface area contributed by atoms with Crippen LogP contribution < -0.4 is 21.2 Å². The van der Waals surface area contributed by atoms with Gasteiger partial charge in [-0.3, -0.25) is 0 Å². The van der Waals surface area contributed by atoms with Gasteiger partial charge in [0, 0.05) is 14.1 Å². The second kappa shape index (κ2) is 7.66. The number of methoxy groups -OCH3 is 1. The van der Waals surface area contributed by atoms with Gasteiger partial charge in [0.25, 0.3) is 0 Å². The Balaban J connectivity index is 1.88. The highest BCUT2D eigenvalue weighted by molar-refractivity contribution is 7.99. The van der Waals surface area contributed by atoms with E-state index in [9.17, 15) is 0 Å². The van der Waals surface area contributed by atoms with Gasteiger partial charge in [-0.2, -0.15) is 15.0 Å². The van der Waals surface area contributed by atoms with Crippen LogP contribution in [0.5, 0.6) is 5.75 Å². The van der Waals surface area contributed by atoms with Gasteiger partial charge in [0.1, 0.15) is 11.6 Å². The SMILES string of the molecule is COc1ccccc1-c1nnc(SC(C)c2nc(N)nc(N(C)C)n2)n1N. The lowest BCUT2D eigenvalue weighted by molar-refractivity contribution is 0.416. The van der Waals surface area contributed by atoms with Crippen LogP contribution in [0.4, 0.5) is 11.9 Å². The number of hydrogen-bond acceptors (Lipinski definition) is 10. The molecule has 0 aliphatic rings. The molecule has 3 rings (SSSR count). The van der Waals surface area contributed by atoms with E-state index in [2.05, 4.69) is 25.1 Å². The van der Waals surface area contributed by atoms with Crippen LogP contribution in [0, 0.1) is 0 Å². The van der Waals surface area contributed by atoms with Crippen LogP contribution >= 0.6 is 11.8 Å². The molecule has 11 heteroatoms. The Hall–Kier alpha value is -3.08. The number of aromatic nitrogens is 6. The molecule has 0 saturated heterocycles. The van der Waals surface area contributed by atoms with Crippen molar-refractivity contribution in [1.29, 1.82) is 0 Å². The average molecular weight is 387 g/mol. The van der Waals surface area contributed by atoms with Gasteiger partial charge in [-0.25, -0.2) is 4.68 Å². The molecule has 0 aliphatic heterocycles. The number of para-hydroxylation sites is 1. The van der Waals surface area contributed by atoms with E-state index in [0.29, 0.717) is 28.5 Å².